The van der Waals surface area contributed by atoms with E-state index in [1.165, 1.54) is 19.9 Å². The molecular formula is C13H12F2O3. The third-order valence-corrected chi connectivity index (χ3v) is 2.47. The minimum Gasteiger partial charge on any atom is -0.465 e. The van der Waals surface area contributed by atoms with Gasteiger partial charge in [-0.3, -0.25) is 4.79 Å². The third kappa shape index (κ3) is 2.80. The van der Waals surface area contributed by atoms with E-state index >= 15 is 0 Å². The molecule has 0 spiro atoms. The molecule has 0 N–H and O–H groups in total. The smallest absolute Gasteiger partial charge is 0.341 e. The molecule has 0 fully saturated rings. The molecule has 1 rings (SSSR count). The predicted molar refractivity (Wildman–Crippen MR) is 61.6 cm³/mol. The Labute approximate surface area is 103 Å². The number of Topliss-reactive ketones (excluding diaryl/α,β-unsaturated/α-hetero) is 1. The van der Waals surface area contributed by atoms with Crippen molar-refractivity contribution < 1.29 is 23.1 Å². The summed E-state index contributed by atoms with van der Waals surface area (Å²) in [7, 11) is 1.14. The van der Waals surface area contributed by atoms with E-state index in [9.17, 15) is 18.4 Å². The zero-order chi connectivity index (χ0) is 13.9. The maximum Gasteiger partial charge on any atom is 0.341 e. The molecule has 0 radical (unpaired) electrons. The summed E-state index contributed by atoms with van der Waals surface area (Å²) >= 11 is 0. The Morgan fingerprint density at radius 3 is 2.17 bits per heavy atom. The number of hydrogen-bond donors (Lipinski definition) is 0. The van der Waals surface area contributed by atoms with Crippen molar-refractivity contribution in [2.24, 2.45) is 0 Å². The van der Waals surface area contributed by atoms with Crippen LogP contribution in [-0.4, -0.2) is 18.9 Å². The number of hydrogen-bond acceptors (Lipinski definition) is 3. The van der Waals surface area contributed by atoms with Crippen molar-refractivity contribution in [3.05, 3.63) is 41.0 Å². The number of allylic oxidation sites excluding steroid dienone is 1. The molecule has 0 heterocycles. The number of methoxy groups -OCH3 is 1. The van der Waals surface area contributed by atoms with Gasteiger partial charge in [-0.2, -0.15) is 0 Å². The van der Waals surface area contributed by atoms with Crippen LogP contribution in [0.5, 0.6) is 0 Å². The lowest BCUT2D eigenvalue weighted by atomic mass is 9.99. The topological polar surface area (TPSA) is 43.4 Å². The van der Waals surface area contributed by atoms with E-state index in [0.717, 1.165) is 19.2 Å². The molecule has 0 bridgehead atoms. The van der Waals surface area contributed by atoms with Gasteiger partial charge in [0.15, 0.2) is 17.4 Å². The first kappa shape index (κ1) is 14.0. The number of carbonyl (C=O) groups excluding carboxylic acids is 2. The van der Waals surface area contributed by atoms with Gasteiger partial charge >= 0.3 is 5.97 Å². The lowest BCUT2D eigenvalue weighted by Crippen LogP contribution is -2.13. The molecule has 0 atom stereocenters. The van der Waals surface area contributed by atoms with Gasteiger partial charge in [-0.05, 0) is 37.1 Å². The van der Waals surface area contributed by atoms with Crippen LogP contribution in [0.3, 0.4) is 0 Å². The minimum absolute atomic E-state index is 0.177. The highest BCUT2D eigenvalue weighted by Crippen LogP contribution is 2.21. The minimum atomic E-state index is -1.04. The Kier molecular flexibility index (Phi) is 4.31. The summed E-state index contributed by atoms with van der Waals surface area (Å²) in [6.45, 7) is 2.68. The van der Waals surface area contributed by atoms with Crippen LogP contribution in [0, 0.1) is 11.6 Å². The average molecular weight is 254 g/mol. The molecule has 0 saturated carbocycles. The van der Waals surface area contributed by atoms with Crippen molar-refractivity contribution in [2.75, 3.05) is 7.11 Å². The van der Waals surface area contributed by atoms with Crippen LogP contribution >= 0.6 is 0 Å². The average Bonchev–Trinajstić information content (AvgIpc) is 2.32. The van der Waals surface area contributed by atoms with Crippen LogP contribution in [-0.2, 0) is 14.3 Å². The number of esters is 1. The van der Waals surface area contributed by atoms with E-state index in [4.69, 9.17) is 0 Å². The number of ketones is 1. The SMILES string of the molecule is COC(=O)/C(C(C)=O)=C(\C)c1ccc(F)c(F)c1. The third-order valence-electron chi connectivity index (χ3n) is 2.47. The highest BCUT2D eigenvalue weighted by atomic mass is 19.2. The molecule has 3 nitrogen and oxygen atoms in total. The van der Waals surface area contributed by atoms with Crippen molar-refractivity contribution in [3.8, 4) is 0 Å². The second-order valence-corrected chi connectivity index (χ2v) is 3.68. The van der Waals surface area contributed by atoms with Gasteiger partial charge in [-0.1, -0.05) is 6.07 Å². The van der Waals surface area contributed by atoms with E-state index in [2.05, 4.69) is 4.74 Å². The number of rotatable bonds is 3. The number of carbonyl (C=O) groups is 2. The molecular weight excluding hydrogens is 242 g/mol. The fraction of sp³-hybridized carbons (Fsp3) is 0.231. The Hall–Kier alpha value is -2.04. The van der Waals surface area contributed by atoms with Gasteiger partial charge in [0, 0.05) is 0 Å². The summed E-state index contributed by atoms with van der Waals surface area (Å²) in [6, 6.07) is 3.15. The first-order valence-corrected chi connectivity index (χ1v) is 5.14. The van der Waals surface area contributed by atoms with Gasteiger partial charge in [0.2, 0.25) is 0 Å². The van der Waals surface area contributed by atoms with Crippen LogP contribution in [0.1, 0.15) is 19.4 Å². The van der Waals surface area contributed by atoms with Crippen molar-refractivity contribution in [3.63, 3.8) is 0 Å². The van der Waals surface area contributed by atoms with E-state index in [1.807, 2.05) is 0 Å². The molecule has 1 aromatic rings. The van der Waals surface area contributed by atoms with E-state index in [0.29, 0.717) is 0 Å². The molecule has 0 aliphatic heterocycles. The number of ether oxygens (including phenoxy) is 1. The molecule has 96 valence electrons. The monoisotopic (exact) mass is 254 g/mol. The summed E-state index contributed by atoms with van der Waals surface area (Å²) < 4.78 is 30.4. The van der Waals surface area contributed by atoms with Crippen molar-refractivity contribution >= 4 is 17.3 Å². The molecule has 1 aromatic carbocycles. The summed E-state index contributed by atoms with van der Waals surface area (Å²) in [5.74, 6) is -3.33. The highest BCUT2D eigenvalue weighted by Gasteiger charge is 2.19. The first-order valence-electron chi connectivity index (χ1n) is 5.14. The Balaban J connectivity index is 3.38. The van der Waals surface area contributed by atoms with E-state index in [1.54, 1.807) is 0 Å². The maximum absolute atomic E-state index is 13.1. The largest absolute Gasteiger partial charge is 0.465 e. The molecule has 18 heavy (non-hydrogen) atoms. The molecule has 0 aromatic heterocycles. The number of benzene rings is 1. The van der Waals surface area contributed by atoms with Gasteiger partial charge in [-0.15, -0.1) is 0 Å². The Morgan fingerprint density at radius 1 is 1.11 bits per heavy atom. The Morgan fingerprint density at radius 2 is 1.72 bits per heavy atom. The van der Waals surface area contributed by atoms with Gasteiger partial charge in [-0.25, -0.2) is 13.6 Å². The quantitative estimate of drug-likeness (QED) is 0.360. The van der Waals surface area contributed by atoms with Crippen LogP contribution in [0.25, 0.3) is 5.57 Å². The zero-order valence-electron chi connectivity index (χ0n) is 10.2. The second kappa shape index (κ2) is 5.53. The van der Waals surface area contributed by atoms with Crippen molar-refractivity contribution in [1.82, 2.24) is 0 Å². The number of halogens is 2. The van der Waals surface area contributed by atoms with Gasteiger partial charge < -0.3 is 4.74 Å². The fourth-order valence-corrected chi connectivity index (χ4v) is 1.54. The molecule has 0 unspecified atom stereocenters. The molecule has 0 aliphatic rings. The highest BCUT2D eigenvalue weighted by molar-refractivity contribution is 6.21. The molecule has 0 aliphatic carbocycles. The van der Waals surface area contributed by atoms with Gasteiger partial charge in [0.05, 0.1) is 7.11 Å². The predicted octanol–water partition coefficient (Wildman–Crippen LogP) is 2.50. The Bertz CT molecular complexity index is 533. The summed E-state index contributed by atoms with van der Waals surface area (Å²) in [6.07, 6.45) is 0. The van der Waals surface area contributed by atoms with Gasteiger partial charge in [0.25, 0.3) is 0 Å². The maximum atomic E-state index is 13.1. The van der Waals surface area contributed by atoms with Crippen LogP contribution in [0.15, 0.2) is 23.8 Å². The van der Waals surface area contributed by atoms with Crippen LogP contribution < -0.4 is 0 Å². The molecule has 0 saturated heterocycles. The lowest BCUT2D eigenvalue weighted by Gasteiger charge is -2.08. The van der Waals surface area contributed by atoms with Crippen molar-refractivity contribution in [2.45, 2.75) is 13.8 Å². The summed E-state index contributed by atoms with van der Waals surface area (Å²) in [5, 5.41) is 0. The first-order chi connectivity index (χ1) is 8.38. The molecule has 0 amide bonds. The van der Waals surface area contributed by atoms with Gasteiger partial charge in [0.1, 0.15) is 5.57 Å². The van der Waals surface area contributed by atoms with E-state index < -0.39 is 23.4 Å². The summed E-state index contributed by atoms with van der Waals surface area (Å²) in [4.78, 5) is 22.8. The van der Waals surface area contributed by atoms with Crippen molar-refractivity contribution in [1.29, 1.82) is 0 Å². The second-order valence-electron chi connectivity index (χ2n) is 3.68. The van der Waals surface area contributed by atoms with Crippen LogP contribution in [0.4, 0.5) is 8.78 Å². The fourth-order valence-electron chi connectivity index (χ4n) is 1.54. The molecule has 5 heteroatoms. The standard InChI is InChI=1S/C13H12F2O3/c1-7(12(8(2)16)13(17)18-3)9-4-5-10(14)11(15)6-9/h4-6H,1-3H3/b12-7+. The zero-order valence-corrected chi connectivity index (χ0v) is 10.2. The van der Waals surface area contributed by atoms with Crippen LogP contribution in [0.2, 0.25) is 0 Å². The summed E-state index contributed by atoms with van der Waals surface area (Å²) in [5.41, 5.74) is 0.321. The normalized spacial score (nSPS) is 11.8. The lowest BCUT2D eigenvalue weighted by molar-refractivity contribution is -0.137. The van der Waals surface area contributed by atoms with E-state index in [-0.39, 0.29) is 16.7 Å².